The second-order valence-electron chi connectivity index (χ2n) is 6.44. The molecular weight excluding hydrogens is 356 g/mol. The summed E-state index contributed by atoms with van der Waals surface area (Å²) in [7, 11) is -4.86. The van der Waals surface area contributed by atoms with Crippen molar-refractivity contribution in [1.29, 1.82) is 0 Å². The second kappa shape index (κ2) is 6.83. The van der Waals surface area contributed by atoms with Crippen molar-refractivity contribution in [3.8, 4) is 0 Å². The lowest BCUT2D eigenvalue weighted by Crippen LogP contribution is -2.47. The van der Waals surface area contributed by atoms with Crippen molar-refractivity contribution in [3.63, 3.8) is 0 Å². The van der Waals surface area contributed by atoms with Gasteiger partial charge >= 0.3 is 5.76 Å². The zero-order valence-corrected chi connectivity index (χ0v) is 14.3. The number of nitro benzene ring substituents is 1. The van der Waals surface area contributed by atoms with E-state index in [-0.39, 0.29) is 5.69 Å². The Morgan fingerprint density at radius 1 is 1.20 bits per heavy atom. The molecule has 1 saturated heterocycles. The molecule has 1 heterocycles. The quantitative estimate of drug-likeness (QED) is 0.559. The molecule has 1 aromatic rings. The van der Waals surface area contributed by atoms with E-state index in [1.54, 1.807) is 4.90 Å². The Morgan fingerprint density at radius 3 is 2.36 bits per heavy atom. The summed E-state index contributed by atoms with van der Waals surface area (Å²) in [4.78, 5) is 14.0. The number of nitro groups is 1. The number of halogens is 2. The lowest BCUT2D eigenvalue weighted by molar-refractivity contribution is -0.384. The highest BCUT2D eigenvalue weighted by Gasteiger charge is 2.32. The zero-order chi connectivity index (χ0) is 18.2. The molecule has 1 aliphatic heterocycles. The van der Waals surface area contributed by atoms with Crippen LogP contribution in [0.2, 0.25) is 0 Å². The van der Waals surface area contributed by atoms with Crippen LogP contribution in [0.15, 0.2) is 23.1 Å². The van der Waals surface area contributed by atoms with Gasteiger partial charge < -0.3 is 4.90 Å². The molecule has 0 bridgehead atoms. The highest BCUT2D eigenvalue weighted by atomic mass is 32.2. The van der Waals surface area contributed by atoms with E-state index >= 15 is 0 Å². The number of hydrogen-bond donors (Lipinski definition) is 0. The summed E-state index contributed by atoms with van der Waals surface area (Å²) in [5.74, 6) is -2.84. The Morgan fingerprint density at radius 2 is 1.84 bits per heavy atom. The Kier molecular flexibility index (Phi) is 4.92. The van der Waals surface area contributed by atoms with E-state index in [2.05, 4.69) is 4.90 Å². The molecule has 0 atom stereocenters. The molecule has 138 valence electrons. The Hall–Kier alpha value is -1.81. The van der Waals surface area contributed by atoms with E-state index in [9.17, 15) is 27.3 Å². The van der Waals surface area contributed by atoms with Crippen LogP contribution in [0.4, 0.5) is 20.2 Å². The Labute approximate surface area is 144 Å². The van der Waals surface area contributed by atoms with E-state index in [4.69, 9.17) is 0 Å². The van der Waals surface area contributed by atoms with Crippen LogP contribution in [0, 0.1) is 16.0 Å². The molecular formula is C15H19F2N3O4S. The topological polar surface area (TPSA) is 83.8 Å². The van der Waals surface area contributed by atoms with E-state index in [0.717, 1.165) is 37.7 Å². The fourth-order valence-electron chi connectivity index (χ4n) is 3.03. The monoisotopic (exact) mass is 375 g/mol. The van der Waals surface area contributed by atoms with Gasteiger partial charge in [-0.05, 0) is 30.9 Å². The SMILES string of the molecule is O=[N+]([O-])c1cc(S(=O)(=O)C(F)F)ccc1N1CCN(CC2CC2)CC1. The van der Waals surface area contributed by atoms with Crippen molar-refractivity contribution in [1.82, 2.24) is 4.90 Å². The number of piperazine rings is 1. The molecule has 2 aliphatic rings. The molecule has 0 spiro atoms. The van der Waals surface area contributed by atoms with Gasteiger partial charge in [-0.15, -0.1) is 0 Å². The maximum atomic E-state index is 12.7. The first-order valence-corrected chi connectivity index (χ1v) is 9.61. The summed E-state index contributed by atoms with van der Waals surface area (Å²) < 4.78 is 48.4. The summed E-state index contributed by atoms with van der Waals surface area (Å²) >= 11 is 0. The molecule has 1 aliphatic carbocycles. The fourth-order valence-corrected chi connectivity index (χ4v) is 3.77. The molecule has 3 rings (SSSR count). The lowest BCUT2D eigenvalue weighted by atomic mass is 10.2. The number of alkyl halides is 2. The average molecular weight is 375 g/mol. The van der Waals surface area contributed by atoms with Crippen molar-refractivity contribution in [2.24, 2.45) is 5.92 Å². The van der Waals surface area contributed by atoms with E-state index in [1.807, 2.05) is 0 Å². The number of anilines is 1. The van der Waals surface area contributed by atoms with Gasteiger partial charge in [-0.1, -0.05) is 0 Å². The van der Waals surface area contributed by atoms with Crippen molar-refractivity contribution in [3.05, 3.63) is 28.3 Å². The predicted octanol–water partition coefficient (Wildman–Crippen LogP) is 2.12. The fraction of sp³-hybridized carbons (Fsp3) is 0.600. The van der Waals surface area contributed by atoms with Gasteiger partial charge in [-0.2, -0.15) is 8.78 Å². The third kappa shape index (κ3) is 3.90. The molecule has 1 aromatic carbocycles. The zero-order valence-electron chi connectivity index (χ0n) is 13.5. The molecule has 0 aromatic heterocycles. The maximum Gasteiger partial charge on any atom is 0.341 e. The molecule has 25 heavy (non-hydrogen) atoms. The van der Waals surface area contributed by atoms with Gasteiger partial charge in [0.05, 0.1) is 9.82 Å². The number of rotatable bonds is 6. The minimum absolute atomic E-state index is 0.268. The molecule has 2 fully saturated rings. The smallest absolute Gasteiger partial charge is 0.341 e. The molecule has 7 nitrogen and oxygen atoms in total. The van der Waals surface area contributed by atoms with Crippen LogP contribution in [0.1, 0.15) is 12.8 Å². The van der Waals surface area contributed by atoms with Gasteiger partial charge in [0.2, 0.25) is 9.84 Å². The summed E-state index contributed by atoms with van der Waals surface area (Å²) in [6.07, 6.45) is 2.51. The van der Waals surface area contributed by atoms with Crippen LogP contribution in [0.3, 0.4) is 0 Å². The molecule has 0 amide bonds. The summed E-state index contributed by atoms with van der Waals surface area (Å²) in [6.45, 7) is 3.74. The first-order valence-electron chi connectivity index (χ1n) is 8.07. The van der Waals surface area contributed by atoms with E-state index in [0.29, 0.717) is 13.1 Å². The van der Waals surface area contributed by atoms with Crippen molar-refractivity contribution < 1.29 is 22.1 Å². The standard InChI is InChI=1S/C15H19F2N3O4S/c16-15(17)25(23,24)12-3-4-13(14(9-12)20(21)22)19-7-5-18(6-8-19)10-11-1-2-11/h3-4,9,11,15H,1-2,5-8,10H2. The minimum Gasteiger partial charge on any atom is -0.363 e. The largest absolute Gasteiger partial charge is 0.363 e. The molecule has 0 unspecified atom stereocenters. The highest BCUT2D eigenvalue weighted by molar-refractivity contribution is 7.91. The minimum atomic E-state index is -4.86. The maximum absolute atomic E-state index is 12.7. The third-order valence-corrected chi connectivity index (χ3v) is 6.01. The van der Waals surface area contributed by atoms with Crippen molar-refractivity contribution in [2.75, 3.05) is 37.6 Å². The highest BCUT2D eigenvalue weighted by Crippen LogP contribution is 2.34. The van der Waals surface area contributed by atoms with Gasteiger partial charge in [0, 0.05) is 38.8 Å². The normalized spacial score (nSPS) is 19.4. The molecule has 10 heteroatoms. The Balaban J connectivity index is 1.80. The second-order valence-corrected chi connectivity index (χ2v) is 8.36. The third-order valence-electron chi connectivity index (χ3n) is 4.63. The predicted molar refractivity (Wildman–Crippen MR) is 87.7 cm³/mol. The van der Waals surface area contributed by atoms with Crippen LogP contribution in [0.25, 0.3) is 0 Å². The van der Waals surface area contributed by atoms with Gasteiger partial charge in [0.15, 0.2) is 0 Å². The van der Waals surface area contributed by atoms with Gasteiger partial charge in [-0.25, -0.2) is 8.42 Å². The Bertz CT molecular complexity index is 760. The van der Waals surface area contributed by atoms with Crippen LogP contribution in [0.5, 0.6) is 0 Å². The summed E-state index contributed by atoms with van der Waals surface area (Å²) in [5.41, 5.74) is -0.193. The van der Waals surface area contributed by atoms with Crippen LogP contribution in [-0.4, -0.2) is 56.7 Å². The first-order chi connectivity index (χ1) is 11.8. The van der Waals surface area contributed by atoms with E-state index in [1.165, 1.54) is 18.9 Å². The lowest BCUT2D eigenvalue weighted by Gasteiger charge is -2.35. The summed E-state index contributed by atoms with van der Waals surface area (Å²) in [6, 6.07) is 3.00. The molecule has 0 radical (unpaired) electrons. The number of sulfone groups is 1. The molecule has 1 saturated carbocycles. The number of hydrogen-bond acceptors (Lipinski definition) is 6. The molecule has 0 N–H and O–H groups in total. The van der Waals surface area contributed by atoms with Crippen LogP contribution >= 0.6 is 0 Å². The average Bonchev–Trinajstić information content (AvgIpc) is 3.39. The number of benzene rings is 1. The van der Waals surface area contributed by atoms with E-state index < -0.39 is 31.1 Å². The van der Waals surface area contributed by atoms with Gasteiger partial charge in [0.25, 0.3) is 5.69 Å². The van der Waals surface area contributed by atoms with Crippen molar-refractivity contribution >= 4 is 21.2 Å². The first kappa shape index (κ1) is 18.0. The van der Waals surface area contributed by atoms with Crippen molar-refractivity contribution in [2.45, 2.75) is 23.5 Å². The summed E-state index contributed by atoms with van der Waals surface area (Å²) in [5, 5.41) is 11.3. The number of nitrogens with zero attached hydrogens (tertiary/aromatic N) is 3. The van der Waals surface area contributed by atoms with Gasteiger partial charge in [-0.3, -0.25) is 15.0 Å². The van der Waals surface area contributed by atoms with Gasteiger partial charge in [0.1, 0.15) is 5.69 Å². The van der Waals surface area contributed by atoms with Crippen LogP contribution < -0.4 is 4.90 Å². The van der Waals surface area contributed by atoms with Crippen LogP contribution in [-0.2, 0) is 9.84 Å².